The van der Waals surface area contributed by atoms with Gasteiger partial charge >= 0.3 is 0 Å². The molecule has 1 aromatic heterocycles. The maximum atomic E-state index is 13.1. The van der Waals surface area contributed by atoms with Gasteiger partial charge in [0.15, 0.2) is 0 Å². The highest BCUT2D eigenvalue weighted by molar-refractivity contribution is 5.95. The van der Waals surface area contributed by atoms with E-state index >= 15 is 0 Å². The van der Waals surface area contributed by atoms with E-state index < -0.39 is 6.10 Å². The van der Waals surface area contributed by atoms with Gasteiger partial charge in [0.2, 0.25) is 0 Å². The summed E-state index contributed by atoms with van der Waals surface area (Å²) < 4.78 is 7.42. The van der Waals surface area contributed by atoms with Crippen LogP contribution in [0.4, 0.5) is 5.69 Å². The average Bonchev–Trinajstić information content (AvgIpc) is 3.34. The van der Waals surface area contributed by atoms with Gasteiger partial charge in [-0.2, -0.15) is 0 Å². The lowest BCUT2D eigenvalue weighted by Gasteiger charge is -2.37. The smallest absolute Gasteiger partial charge is 0.251 e. The summed E-state index contributed by atoms with van der Waals surface area (Å²) in [5, 5.41) is 13.7. The number of ether oxygens (including phenoxy) is 1. The number of hydrogen-bond acceptors (Lipinski definition) is 5. The Labute approximate surface area is 211 Å². The molecule has 0 spiro atoms. The van der Waals surface area contributed by atoms with Gasteiger partial charge < -0.3 is 24.6 Å². The van der Waals surface area contributed by atoms with E-state index in [-0.39, 0.29) is 11.9 Å². The van der Waals surface area contributed by atoms with Crippen molar-refractivity contribution in [3.63, 3.8) is 0 Å². The number of aliphatic hydroxyl groups is 1. The molecule has 2 N–H and O–H groups in total. The molecule has 1 saturated heterocycles. The fourth-order valence-electron chi connectivity index (χ4n) is 4.74. The number of benzene rings is 3. The third-order valence-corrected chi connectivity index (χ3v) is 6.54. The third-order valence-electron chi connectivity index (χ3n) is 6.54. The van der Waals surface area contributed by atoms with Crippen LogP contribution in [0.3, 0.4) is 0 Å². The Morgan fingerprint density at radius 1 is 1.03 bits per heavy atom. The number of aryl methyl sites for hydroxylation is 1. The van der Waals surface area contributed by atoms with Crippen LogP contribution in [0.15, 0.2) is 85.3 Å². The number of piperidine rings is 1. The van der Waals surface area contributed by atoms with Gasteiger partial charge in [0.05, 0.1) is 30.9 Å². The number of hydrogen-bond donors (Lipinski definition) is 2. The van der Waals surface area contributed by atoms with Crippen LogP contribution in [0.25, 0.3) is 16.8 Å². The van der Waals surface area contributed by atoms with Gasteiger partial charge in [-0.1, -0.05) is 42.5 Å². The van der Waals surface area contributed by atoms with Crippen molar-refractivity contribution in [2.24, 2.45) is 0 Å². The van der Waals surface area contributed by atoms with Crippen LogP contribution in [0.1, 0.15) is 22.5 Å². The molecule has 0 saturated carbocycles. The second kappa shape index (κ2) is 10.3. The summed E-state index contributed by atoms with van der Waals surface area (Å²) in [6.07, 6.45) is 3.60. The number of rotatable bonds is 6. The van der Waals surface area contributed by atoms with Crippen LogP contribution >= 0.6 is 0 Å². The largest absolute Gasteiger partial charge is 0.495 e. The van der Waals surface area contributed by atoms with Gasteiger partial charge in [-0.05, 0) is 54.8 Å². The molecule has 0 bridgehead atoms. The standard InChI is InChI=1S/C29H30N4O3/c1-20-16-33(19-30-20)27-13-10-23(14-28(27)36-2)29(35)31-24-15-26(34)18-32(17-24)25-11-8-22(9-12-25)21-6-4-3-5-7-21/h3-14,16,19,24,26,34H,15,17-18H2,1-2H3,(H,31,35). The quantitative estimate of drug-likeness (QED) is 0.430. The zero-order valence-electron chi connectivity index (χ0n) is 20.5. The minimum atomic E-state index is -0.528. The van der Waals surface area contributed by atoms with Gasteiger partial charge in [0, 0.05) is 36.6 Å². The van der Waals surface area contributed by atoms with Gasteiger partial charge in [-0.15, -0.1) is 0 Å². The van der Waals surface area contributed by atoms with E-state index in [0.717, 1.165) is 28.2 Å². The van der Waals surface area contributed by atoms with Gasteiger partial charge in [0.1, 0.15) is 5.75 Å². The summed E-state index contributed by atoms with van der Waals surface area (Å²) in [6, 6.07) is 23.7. The average molecular weight is 483 g/mol. The molecule has 7 heteroatoms. The molecule has 2 heterocycles. The zero-order valence-corrected chi connectivity index (χ0v) is 20.5. The van der Waals surface area contributed by atoms with E-state index in [1.807, 2.05) is 42.0 Å². The van der Waals surface area contributed by atoms with Gasteiger partial charge in [-0.3, -0.25) is 4.79 Å². The Hall–Kier alpha value is -4.10. The minimum Gasteiger partial charge on any atom is -0.495 e. The molecule has 5 rings (SSSR count). The van der Waals surface area contributed by atoms with Crippen LogP contribution in [-0.4, -0.2) is 52.9 Å². The Morgan fingerprint density at radius 2 is 1.78 bits per heavy atom. The van der Waals surface area contributed by atoms with Crippen molar-refractivity contribution >= 4 is 11.6 Å². The number of nitrogens with one attached hydrogen (secondary N) is 1. The van der Waals surface area contributed by atoms with Crippen LogP contribution in [0.2, 0.25) is 0 Å². The van der Waals surface area contributed by atoms with Crippen molar-refractivity contribution in [1.29, 1.82) is 0 Å². The molecule has 1 amide bonds. The highest BCUT2D eigenvalue weighted by atomic mass is 16.5. The number of aliphatic hydroxyl groups excluding tert-OH is 1. The maximum absolute atomic E-state index is 13.1. The summed E-state index contributed by atoms with van der Waals surface area (Å²) in [5.74, 6) is 0.393. The number of aromatic nitrogens is 2. The molecule has 1 aliphatic heterocycles. The molecule has 2 atom stereocenters. The SMILES string of the molecule is COc1cc(C(=O)NC2CC(O)CN(c3ccc(-c4ccccc4)cc3)C2)ccc1-n1cnc(C)c1. The molecule has 184 valence electrons. The van der Waals surface area contributed by atoms with Crippen LogP contribution in [-0.2, 0) is 0 Å². The zero-order chi connectivity index (χ0) is 25.1. The van der Waals surface area contributed by atoms with Crippen molar-refractivity contribution in [3.05, 3.63) is 96.6 Å². The second-order valence-electron chi connectivity index (χ2n) is 9.19. The number of amides is 1. The number of carbonyl (C=O) groups is 1. The van der Waals surface area contributed by atoms with Crippen LogP contribution in [0, 0.1) is 6.92 Å². The number of carbonyl (C=O) groups excluding carboxylic acids is 1. The Kier molecular flexibility index (Phi) is 6.73. The van der Waals surface area contributed by atoms with E-state index in [1.54, 1.807) is 25.6 Å². The van der Waals surface area contributed by atoms with E-state index in [4.69, 9.17) is 4.74 Å². The van der Waals surface area contributed by atoms with Crippen molar-refractivity contribution in [2.75, 3.05) is 25.1 Å². The van der Waals surface area contributed by atoms with Crippen LogP contribution < -0.4 is 15.0 Å². The monoisotopic (exact) mass is 482 g/mol. The molecule has 0 radical (unpaired) electrons. The molecule has 1 aliphatic rings. The first-order valence-electron chi connectivity index (χ1n) is 12.1. The molecule has 36 heavy (non-hydrogen) atoms. The van der Waals surface area contributed by atoms with Crippen molar-refractivity contribution in [1.82, 2.24) is 14.9 Å². The Bertz CT molecular complexity index is 1330. The predicted octanol–water partition coefficient (Wildman–Crippen LogP) is 4.23. The summed E-state index contributed by atoms with van der Waals surface area (Å²) in [6.45, 7) is 3.07. The van der Waals surface area contributed by atoms with Crippen molar-refractivity contribution < 1.29 is 14.6 Å². The fourth-order valence-corrected chi connectivity index (χ4v) is 4.74. The lowest BCUT2D eigenvalue weighted by molar-refractivity contribution is 0.0894. The summed E-state index contributed by atoms with van der Waals surface area (Å²) in [5.41, 5.74) is 5.55. The van der Waals surface area contributed by atoms with Crippen molar-refractivity contribution in [2.45, 2.75) is 25.5 Å². The molecule has 1 fully saturated rings. The summed E-state index contributed by atoms with van der Waals surface area (Å²) >= 11 is 0. The van der Waals surface area contributed by atoms with Crippen molar-refractivity contribution in [3.8, 4) is 22.6 Å². The van der Waals surface area contributed by atoms with E-state index in [9.17, 15) is 9.90 Å². The van der Waals surface area contributed by atoms with Gasteiger partial charge in [-0.25, -0.2) is 4.98 Å². The van der Waals surface area contributed by atoms with Crippen LogP contribution in [0.5, 0.6) is 5.75 Å². The molecule has 3 aromatic carbocycles. The first kappa shape index (κ1) is 23.6. The second-order valence-corrected chi connectivity index (χ2v) is 9.19. The number of imidazole rings is 1. The Balaban J connectivity index is 1.28. The predicted molar refractivity (Wildman–Crippen MR) is 141 cm³/mol. The summed E-state index contributed by atoms with van der Waals surface area (Å²) in [4.78, 5) is 19.5. The highest BCUT2D eigenvalue weighted by Gasteiger charge is 2.28. The number of β-amino-alcohol motifs (C(OH)–C–C–N with tert-alkyl or cyclic N) is 1. The first-order chi connectivity index (χ1) is 17.5. The molecule has 4 aromatic rings. The molecular formula is C29H30N4O3. The maximum Gasteiger partial charge on any atom is 0.251 e. The molecule has 7 nitrogen and oxygen atoms in total. The third kappa shape index (κ3) is 5.11. The number of methoxy groups -OCH3 is 1. The topological polar surface area (TPSA) is 79.6 Å². The number of nitrogens with zero attached hydrogens (tertiary/aromatic N) is 3. The van der Waals surface area contributed by atoms with Gasteiger partial charge in [0.25, 0.3) is 5.91 Å². The first-order valence-corrected chi connectivity index (χ1v) is 12.1. The Morgan fingerprint density at radius 3 is 2.47 bits per heavy atom. The van der Waals surface area contributed by atoms with E-state index in [1.165, 1.54) is 0 Å². The number of anilines is 1. The van der Waals surface area contributed by atoms with E-state index in [2.05, 4.69) is 51.6 Å². The molecule has 2 unspecified atom stereocenters. The minimum absolute atomic E-state index is 0.183. The highest BCUT2D eigenvalue weighted by Crippen LogP contribution is 2.27. The molecular weight excluding hydrogens is 452 g/mol. The summed E-state index contributed by atoms with van der Waals surface area (Å²) in [7, 11) is 1.59. The molecule has 0 aliphatic carbocycles. The van der Waals surface area contributed by atoms with E-state index in [0.29, 0.717) is 30.8 Å². The lowest BCUT2D eigenvalue weighted by atomic mass is 10.0. The fraction of sp³-hybridized carbons (Fsp3) is 0.241. The lowest BCUT2D eigenvalue weighted by Crippen LogP contribution is -2.52. The normalized spacial score (nSPS) is 17.6.